The summed E-state index contributed by atoms with van der Waals surface area (Å²) in [5.74, 6) is -0.866. The molecule has 7 nitrogen and oxygen atoms in total. The molecular weight excluding hydrogens is 596 g/mol. The van der Waals surface area contributed by atoms with Gasteiger partial charge in [0.25, 0.3) is 11.8 Å². The van der Waals surface area contributed by atoms with Crippen molar-refractivity contribution in [1.29, 1.82) is 0 Å². The number of ether oxygens (including phenoxy) is 2. The van der Waals surface area contributed by atoms with Crippen LogP contribution in [0.2, 0.25) is 20.1 Å². The lowest BCUT2D eigenvalue weighted by Crippen LogP contribution is -2.42. The third kappa shape index (κ3) is 7.47. The van der Waals surface area contributed by atoms with Crippen LogP contribution in [0.15, 0.2) is 59.6 Å². The van der Waals surface area contributed by atoms with Crippen molar-refractivity contribution in [3.05, 3.63) is 91.4 Å². The predicted octanol–water partition coefficient (Wildman–Crippen LogP) is 7.43. The maximum atomic E-state index is 13.4. The molecule has 1 unspecified atom stereocenters. The Labute approximate surface area is 252 Å². The van der Waals surface area contributed by atoms with E-state index in [0.29, 0.717) is 51.5 Å². The van der Waals surface area contributed by atoms with Crippen LogP contribution in [0.4, 0.5) is 5.69 Å². The molecule has 0 spiro atoms. The summed E-state index contributed by atoms with van der Waals surface area (Å²) < 4.78 is 11.4. The second-order valence-electron chi connectivity index (χ2n) is 8.94. The predicted molar refractivity (Wildman–Crippen MR) is 161 cm³/mol. The number of halogens is 4. The van der Waals surface area contributed by atoms with Crippen molar-refractivity contribution in [3.8, 4) is 5.75 Å². The minimum absolute atomic E-state index is 0.146. The van der Waals surface area contributed by atoms with Gasteiger partial charge in [-0.25, -0.2) is 4.99 Å². The Bertz CT molecular complexity index is 1410. The minimum atomic E-state index is -1.33. The molecular formula is C29H27Cl4N3O4. The largest absolute Gasteiger partial charge is 0.490 e. The third-order valence-corrected chi connectivity index (χ3v) is 7.07. The fraction of sp³-hybridized carbons (Fsp3) is 0.276. The average Bonchev–Trinajstić information content (AvgIpc) is 3.04. The lowest BCUT2D eigenvalue weighted by molar-refractivity contribution is -0.117. The lowest BCUT2D eigenvalue weighted by Gasteiger charge is -2.16. The number of hydrogen-bond acceptors (Lipinski definition) is 5. The van der Waals surface area contributed by atoms with E-state index in [9.17, 15) is 9.59 Å². The molecule has 1 heterocycles. The molecule has 0 fully saturated rings. The molecule has 2 N–H and O–H groups in total. The lowest BCUT2D eigenvalue weighted by atomic mass is 10.0. The maximum absolute atomic E-state index is 13.4. The molecule has 4 rings (SSSR count). The third-order valence-electron chi connectivity index (χ3n) is 6.02. The number of amides is 2. The molecule has 0 saturated carbocycles. The summed E-state index contributed by atoms with van der Waals surface area (Å²) in [4.78, 5) is 31.3. The summed E-state index contributed by atoms with van der Waals surface area (Å²) in [5, 5.41) is 6.66. The number of benzodiazepines with no additional fused rings is 1. The van der Waals surface area contributed by atoms with Crippen LogP contribution in [0.3, 0.4) is 0 Å². The standard InChI is InChI=1S/C29H27Cl4N3O4/c1-2-3-6-11-39-12-13-40-24-10-9-17(30)14-20(24)28(37)36-27-29(38)34-23-8-5-4-7-19(23)26(35-27)25-21(32)15-18(31)16-22(25)33/h4-5,7-10,14-16,27H,2-3,6,11-13H2,1H3,(H,34,38)(H,36,37). The Kier molecular flexibility index (Phi) is 10.7. The van der Waals surface area contributed by atoms with E-state index in [1.807, 2.05) is 0 Å². The number of carbonyl (C=O) groups excluding carboxylic acids is 2. The molecule has 210 valence electrons. The van der Waals surface area contributed by atoms with Gasteiger partial charge in [-0.3, -0.25) is 9.59 Å². The summed E-state index contributed by atoms with van der Waals surface area (Å²) >= 11 is 25.4. The summed E-state index contributed by atoms with van der Waals surface area (Å²) in [6.45, 7) is 3.38. The maximum Gasteiger partial charge on any atom is 0.269 e. The average molecular weight is 623 g/mol. The summed E-state index contributed by atoms with van der Waals surface area (Å²) in [7, 11) is 0. The Hall–Kier alpha value is -2.81. The Balaban J connectivity index is 1.60. The summed E-state index contributed by atoms with van der Waals surface area (Å²) in [6.07, 6.45) is 1.86. The first-order chi connectivity index (χ1) is 19.3. The first-order valence-corrected chi connectivity index (χ1v) is 14.2. The molecule has 40 heavy (non-hydrogen) atoms. The fourth-order valence-electron chi connectivity index (χ4n) is 4.10. The smallest absolute Gasteiger partial charge is 0.269 e. The first-order valence-electron chi connectivity index (χ1n) is 12.7. The zero-order valence-corrected chi connectivity index (χ0v) is 24.6. The van der Waals surface area contributed by atoms with E-state index >= 15 is 0 Å². The minimum Gasteiger partial charge on any atom is -0.490 e. The van der Waals surface area contributed by atoms with Crippen molar-refractivity contribution >= 4 is 69.6 Å². The number of aliphatic imine (C=N–C) groups is 1. The number of anilines is 1. The zero-order chi connectivity index (χ0) is 28.6. The molecule has 1 aliphatic heterocycles. The monoisotopic (exact) mass is 621 g/mol. The highest BCUT2D eigenvalue weighted by Gasteiger charge is 2.30. The van der Waals surface area contributed by atoms with Gasteiger partial charge in [0.15, 0.2) is 0 Å². The van der Waals surface area contributed by atoms with Crippen molar-refractivity contribution in [3.63, 3.8) is 0 Å². The second-order valence-corrected chi connectivity index (χ2v) is 10.6. The molecule has 11 heteroatoms. The topological polar surface area (TPSA) is 89.0 Å². The number of benzene rings is 3. The van der Waals surface area contributed by atoms with E-state index in [0.717, 1.165) is 19.3 Å². The van der Waals surface area contributed by atoms with Crippen molar-refractivity contribution in [2.45, 2.75) is 32.4 Å². The van der Waals surface area contributed by atoms with Gasteiger partial charge in [0.1, 0.15) is 12.4 Å². The molecule has 0 bridgehead atoms. The highest BCUT2D eigenvalue weighted by molar-refractivity contribution is 6.44. The van der Waals surface area contributed by atoms with Gasteiger partial charge < -0.3 is 20.1 Å². The van der Waals surface area contributed by atoms with Crippen LogP contribution in [0, 0.1) is 0 Å². The molecule has 1 atom stereocenters. The van der Waals surface area contributed by atoms with E-state index in [4.69, 9.17) is 55.9 Å². The SMILES string of the molecule is CCCCCOCCOc1ccc(Cl)cc1C(=O)NC1N=C(c2c(Cl)cc(Cl)cc2Cl)c2ccccc2NC1=O. The Morgan fingerprint density at radius 2 is 1.70 bits per heavy atom. The molecule has 3 aromatic rings. The highest BCUT2D eigenvalue weighted by Crippen LogP contribution is 2.34. The van der Waals surface area contributed by atoms with E-state index in [2.05, 4.69) is 22.5 Å². The van der Waals surface area contributed by atoms with E-state index in [-0.39, 0.29) is 22.2 Å². The quantitative estimate of drug-likeness (QED) is 0.218. The van der Waals surface area contributed by atoms with Gasteiger partial charge in [0, 0.05) is 27.8 Å². The van der Waals surface area contributed by atoms with Crippen LogP contribution in [0.25, 0.3) is 0 Å². The summed E-state index contributed by atoms with van der Waals surface area (Å²) in [6, 6.07) is 14.8. The number of fused-ring (bicyclic) bond motifs is 1. The van der Waals surface area contributed by atoms with Crippen molar-refractivity contribution < 1.29 is 19.1 Å². The van der Waals surface area contributed by atoms with Gasteiger partial charge in [0.2, 0.25) is 6.17 Å². The molecule has 0 aromatic heterocycles. The number of nitrogens with zero attached hydrogens (tertiary/aromatic N) is 1. The van der Waals surface area contributed by atoms with Gasteiger partial charge >= 0.3 is 0 Å². The number of para-hydroxylation sites is 1. The van der Waals surface area contributed by atoms with Gasteiger partial charge in [-0.2, -0.15) is 0 Å². The van der Waals surface area contributed by atoms with E-state index in [1.165, 1.54) is 18.2 Å². The van der Waals surface area contributed by atoms with Crippen molar-refractivity contribution in [2.75, 3.05) is 25.1 Å². The fourth-order valence-corrected chi connectivity index (χ4v) is 5.26. The number of carbonyl (C=O) groups is 2. The molecule has 3 aromatic carbocycles. The van der Waals surface area contributed by atoms with Gasteiger partial charge in [-0.05, 0) is 42.8 Å². The van der Waals surface area contributed by atoms with Crippen LogP contribution in [0.5, 0.6) is 5.75 Å². The van der Waals surface area contributed by atoms with Crippen molar-refractivity contribution in [2.24, 2.45) is 4.99 Å². The zero-order valence-electron chi connectivity index (χ0n) is 21.6. The Morgan fingerprint density at radius 1 is 0.950 bits per heavy atom. The number of rotatable bonds is 11. The number of nitrogens with one attached hydrogen (secondary N) is 2. The van der Waals surface area contributed by atoms with Crippen molar-refractivity contribution in [1.82, 2.24) is 5.32 Å². The normalized spacial score (nSPS) is 14.6. The van der Waals surface area contributed by atoms with E-state index in [1.54, 1.807) is 36.4 Å². The molecule has 1 aliphatic rings. The van der Waals surface area contributed by atoms with Gasteiger partial charge in [-0.1, -0.05) is 84.4 Å². The van der Waals surface area contributed by atoms with Gasteiger partial charge in [-0.15, -0.1) is 0 Å². The van der Waals surface area contributed by atoms with Crippen LogP contribution in [-0.4, -0.2) is 43.5 Å². The molecule has 2 amide bonds. The van der Waals surface area contributed by atoms with Crippen LogP contribution < -0.4 is 15.4 Å². The molecule has 0 saturated heterocycles. The molecule has 0 aliphatic carbocycles. The summed E-state index contributed by atoms with van der Waals surface area (Å²) in [5.41, 5.74) is 1.89. The van der Waals surface area contributed by atoms with Crippen LogP contribution in [0.1, 0.15) is 47.7 Å². The number of unbranched alkanes of at least 4 members (excludes halogenated alkanes) is 2. The number of hydrogen-bond donors (Lipinski definition) is 2. The van der Waals surface area contributed by atoms with Crippen LogP contribution in [-0.2, 0) is 9.53 Å². The highest BCUT2D eigenvalue weighted by atomic mass is 35.5. The van der Waals surface area contributed by atoms with Gasteiger partial charge in [0.05, 0.1) is 33.6 Å². The van der Waals surface area contributed by atoms with E-state index < -0.39 is 18.0 Å². The first kappa shape index (κ1) is 30.2. The van der Waals surface area contributed by atoms with Crippen LogP contribution >= 0.6 is 46.4 Å². The second kappa shape index (κ2) is 14.2. The molecule has 0 radical (unpaired) electrons. The Morgan fingerprint density at radius 3 is 2.45 bits per heavy atom.